The van der Waals surface area contributed by atoms with Gasteiger partial charge in [-0.1, -0.05) is 6.92 Å². The molecular formula is C15H21N5O. The minimum absolute atomic E-state index is 0.0362. The molecule has 1 N–H and O–H groups in total. The SMILES string of the molecule is CCCn1ccc(C(=O)N2CCC[C@H](c3ccn[nH]3)C2)n1. The summed E-state index contributed by atoms with van der Waals surface area (Å²) in [6.45, 7) is 4.50. The van der Waals surface area contributed by atoms with Crippen LogP contribution in [0.4, 0.5) is 0 Å². The van der Waals surface area contributed by atoms with Gasteiger partial charge in [0.15, 0.2) is 0 Å². The number of carbonyl (C=O) groups is 1. The second-order valence-corrected chi connectivity index (χ2v) is 5.57. The molecule has 3 heterocycles. The number of likely N-dealkylation sites (tertiary alicyclic amines) is 1. The number of hydrogen-bond acceptors (Lipinski definition) is 3. The molecule has 3 rings (SSSR count). The van der Waals surface area contributed by atoms with E-state index in [1.807, 2.05) is 27.9 Å². The molecule has 6 nitrogen and oxygen atoms in total. The molecular weight excluding hydrogens is 266 g/mol. The van der Waals surface area contributed by atoms with E-state index < -0.39 is 0 Å². The largest absolute Gasteiger partial charge is 0.337 e. The number of piperidine rings is 1. The van der Waals surface area contributed by atoms with Crippen LogP contribution in [0.5, 0.6) is 0 Å². The summed E-state index contributed by atoms with van der Waals surface area (Å²) >= 11 is 0. The molecule has 21 heavy (non-hydrogen) atoms. The summed E-state index contributed by atoms with van der Waals surface area (Å²) in [6.07, 6.45) is 6.78. The Morgan fingerprint density at radius 1 is 1.48 bits per heavy atom. The normalized spacial score (nSPS) is 18.9. The average Bonchev–Trinajstić information content (AvgIpc) is 3.18. The van der Waals surface area contributed by atoms with Gasteiger partial charge in [0.1, 0.15) is 5.69 Å². The molecule has 1 saturated heterocycles. The van der Waals surface area contributed by atoms with Crippen molar-refractivity contribution in [3.8, 4) is 0 Å². The minimum atomic E-state index is 0.0362. The van der Waals surface area contributed by atoms with Gasteiger partial charge >= 0.3 is 0 Å². The highest BCUT2D eigenvalue weighted by Gasteiger charge is 2.27. The Bertz CT molecular complexity index is 589. The number of aromatic amines is 1. The quantitative estimate of drug-likeness (QED) is 0.935. The van der Waals surface area contributed by atoms with Gasteiger partial charge in [0.2, 0.25) is 0 Å². The lowest BCUT2D eigenvalue weighted by Gasteiger charge is -2.31. The monoisotopic (exact) mass is 287 g/mol. The summed E-state index contributed by atoms with van der Waals surface area (Å²) in [5.74, 6) is 0.386. The molecule has 0 aliphatic carbocycles. The highest BCUT2D eigenvalue weighted by Crippen LogP contribution is 2.25. The summed E-state index contributed by atoms with van der Waals surface area (Å²) in [7, 11) is 0. The maximum absolute atomic E-state index is 12.6. The number of rotatable bonds is 4. The van der Waals surface area contributed by atoms with Crippen LogP contribution in [0.3, 0.4) is 0 Å². The van der Waals surface area contributed by atoms with Gasteiger partial charge in [-0.2, -0.15) is 10.2 Å². The highest BCUT2D eigenvalue weighted by atomic mass is 16.2. The predicted octanol–water partition coefficient (Wildman–Crippen LogP) is 2.04. The molecule has 0 unspecified atom stereocenters. The van der Waals surface area contributed by atoms with Crippen LogP contribution in [0.2, 0.25) is 0 Å². The van der Waals surface area contributed by atoms with E-state index >= 15 is 0 Å². The first-order chi connectivity index (χ1) is 10.3. The van der Waals surface area contributed by atoms with E-state index in [0.29, 0.717) is 11.6 Å². The average molecular weight is 287 g/mol. The standard InChI is InChI=1S/C15H21N5O/c1-2-8-20-10-6-14(18-20)15(21)19-9-3-4-12(11-19)13-5-7-16-17-13/h5-7,10,12H,2-4,8-9,11H2,1H3,(H,16,17)/t12-/m0/s1. The van der Waals surface area contributed by atoms with Crippen LogP contribution in [0.15, 0.2) is 24.5 Å². The summed E-state index contributed by atoms with van der Waals surface area (Å²) in [5.41, 5.74) is 1.66. The van der Waals surface area contributed by atoms with Crippen LogP contribution < -0.4 is 0 Å². The zero-order valence-electron chi connectivity index (χ0n) is 12.3. The molecule has 6 heteroatoms. The van der Waals surface area contributed by atoms with Gasteiger partial charge < -0.3 is 4.90 Å². The number of H-pyrrole nitrogens is 1. The summed E-state index contributed by atoms with van der Waals surface area (Å²) in [5, 5.41) is 11.4. The minimum Gasteiger partial charge on any atom is -0.337 e. The molecule has 112 valence electrons. The van der Waals surface area contributed by atoms with Gasteiger partial charge in [-0.3, -0.25) is 14.6 Å². The third-order valence-corrected chi connectivity index (χ3v) is 3.98. The Kier molecular flexibility index (Phi) is 4.03. The van der Waals surface area contributed by atoms with E-state index in [4.69, 9.17) is 0 Å². The highest BCUT2D eigenvalue weighted by molar-refractivity contribution is 5.92. The van der Waals surface area contributed by atoms with Crippen molar-refractivity contribution in [1.29, 1.82) is 0 Å². The van der Waals surface area contributed by atoms with Crippen molar-refractivity contribution >= 4 is 5.91 Å². The first-order valence-corrected chi connectivity index (χ1v) is 7.60. The molecule has 2 aromatic heterocycles. The van der Waals surface area contributed by atoms with E-state index in [1.165, 1.54) is 0 Å². The molecule has 1 aliphatic heterocycles. The molecule has 0 bridgehead atoms. The van der Waals surface area contributed by atoms with Crippen molar-refractivity contribution in [3.63, 3.8) is 0 Å². The first kappa shape index (κ1) is 13.9. The van der Waals surface area contributed by atoms with Crippen molar-refractivity contribution in [1.82, 2.24) is 24.9 Å². The third-order valence-electron chi connectivity index (χ3n) is 3.98. The second-order valence-electron chi connectivity index (χ2n) is 5.57. The zero-order valence-corrected chi connectivity index (χ0v) is 12.3. The summed E-state index contributed by atoms with van der Waals surface area (Å²) in [4.78, 5) is 14.5. The Hall–Kier alpha value is -2.11. The maximum atomic E-state index is 12.6. The smallest absolute Gasteiger partial charge is 0.274 e. The number of amides is 1. The molecule has 1 atom stereocenters. The van der Waals surface area contributed by atoms with Crippen molar-refractivity contribution < 1.29 is 4.79 Å². The van der Waals surface area contributed by atoms with E-state index in [1.54, 1.807) is 6.20 Å². The summed E-state index contributed by atoms with van der Waals surface area (Å²) in [6, 6.07) is 3.81. The fraction of sp³-hybridized carbons (Fsp3) is 0.533. The third kappa shape index (κ3) is 2.99. The Morgan fingerprint density at radius 3 is 3.14 bits per heavy atom. The first-order valence-electron chi connectivity index (χ1n) is 7.60. The van der Waals surface area contributed by atoms with Crippen molar-refractivity contribution in [2.75, 3.05) is 13.1 Å². The van der Waals surface area contributed by atoms with Gasteiger partial charge in [-0.15, -0.1) is 0 Å². The number of aromatic nitrogens is 4. The molecule has 1 aliphatic rings. The van der Waals surface area contributed by atoms with E-state index in [0.717, 1.165) is 44.6 Å². The van der Waals surface area contributed by atoms with Gasteiger partial charge in [0, 0.05) is 43.6 Å². The van der Waals surface area contributed by atoms with E-state index in [-0.39, 0.29) is 5.91 Å². The van der Waals surface area contributed by atoms with Crippen LogP contribution in [-0.2, 0) is 6.54 Å². The van der Waals surface area contributed by atoms with E-state index in [2.05, 4.69) is 22.2 Å². The number of aryl methyl sites for hydroxylation is 1. The van der Waals surface area contributed by atoms with Gasteiger partial charge in [-0.05, 0) is 31.4 Å². The number of nitrogens with zero attached hydrogens (tertiary/aromatic N) is 4. The van der Waals surface area contributed by atoms with Crippen molar-refractivity contribution in [3.05, 3.63) is 35.9 Å². The van der Waals surface area contributed by atoms with Crippen LogP contribution in [0.1, 0.15) is 48.3 Å². The molecule has 1 amide bonds. The van der Waals surface area contributed by atoms with Crippen molar-refractivity contribution in [2.24, 2.45) is 0 Å². The van der Waals surface area contributed by atoms with Crippen molar-refractivity contribution in [2.45, 2.75) is 38.6 Å². The maximum Gasteiger partial charge on any atom is 0.274 e. The lowest BCUT2D eigenvalue weighted by Crippen LogP contribution is -2.39. The van der Waals surface area contributed by atoms with Crippen LogP contribution in [0, 0.1) is 0 Å². The van der Waals surface area contributed by atoms with Crippen LogP contribution >= 0.6 is 0 Å². The van der Waals surface area contributed by atoms with Gasteiger partial charge in [-0.25, -0.2) is 0 Å². The predicted molar refractivity (Wildman–Crippen MR) is 79.0 cm³/mol. The lowest BCUT2D eigenvalue weighted by molar-refractivity contribution is 0.0699. The Balaban J connectivity index is 1.68. The molecule has 1 fully saturated rings. The van der Waals surface area contributed by atoms with E-state index in [9.17, 15) is 4.79 Å². The second kappa shape index (κ2) is 6.11. The molecule has 0 aromatic carbocycles. The van der Waals surface area contributed by atoms with Gasteiger partial charge in [0.25, 0.3) is 5.91 Å². The molecule has 0 saturated carbocycles. The topological polar surface area (TPSA) is 66.8 Å². The lowest BCUT2D eigenvalue weighted by atomic mass is 9.95. The van der Waals surface area contributed by atoms with Crippen LogP contribution in [0.25, 0.3) is 0 Å². The fourth-order valence-corrected chi connectivity index (χ4v) is 2.90. The number of hydrogen-bond donors (Lipinski definition) is 1. The molecule has 2 aromatic rings. The summed E-state index contributed by atoms with van der Waals surface area (Å²) < 4.78 is 1.84. The zero-order chi connectivity index (χ0) is 14.7. The number of nitrogens with one attached hydrogen (secondary N) is 1. The Labute approximate surface area is 124 Å². The number of carbonyl (C=O) groups excluding carboxylic acids is 1. The molecule has 0 radical (unpaired) electrons. The van der Waals surface area contributed by atoms with Crippen LogP contribution in [-0.4, -0.2) is 43.9 Å². The Morgan fingerprint density at radius 2 is 2.38 bits per heavy atom. The van der Waals surface area contributed by atoms with Gasteiger partial charge in [0.05, 0.1) is 0 Å². The fourth-order valence-electron chi connectivity index (χ4n) is 2.90. The molecule has 0 spiro atoms.